The molecular weight excluding hydrogens is 288 g/mol. The standard InChI is InChI=1S/C19H30N2O2/c1-16(2)15-23-19-13-17(7-8-18(19)22-3)14-20-9-12-21-10-5-4-6-11-21/h7-8,13,20H,1,4-6,9-12,14-15H2,2-3H3. The molecule has 128 valence electrons. The second-order valence-corrected chi connectivity index (χ2v) is 6.31. The van der Waals surface area contributed by atoms with Crippen LogP contribution in [-0.4, -0.2) is 44.8 Å². The van der Waals surface area contributed by atoms with E-state index in [1.165, 1.54) is 37.9 Å². The maximum atomic E-state index is 5.77. The van der Waals surface area contributed by atoms with Gasteiger partial charge in [0.1, 0.15) is 6.61 Å². The van der Waals surface area contributed by atoms with Crippen molar-refractivity contribution in [1.29, 1.82) is 0 Å². The van der Waals surface area contributed by atoms with Gasteiger partial charge >= 0.3 is 0 Å². The maximum absolute atomic E-state index is 5.77. The van der Waals surface area contributed by atoms with Crippen LogP contribution in [0.1, 0.15) is 31.7 Å². The number of rotatable bonds is 9. The summed E-state index contributed by atoms with van der Waals surface area (Å²) in [5, 5.41) is 3.52. The average molecular weight is 318 g/mol. The number of nitrogens with zero attached hydrogens (tertiary/aromatic N) is 1. The van der Waals surface area contributed by atoms with Gasteiger partial charge in [0.05, 0.1) is 7.11 Å². The Morgan fingerprint density at radius 2 is 2.00 bits per heavy atom. The van der Waals surface area contributed by atoms with E-state index in [1.807, 2.05) is 13.0 Å². The topological polar surface area (TPSA) is 33.7 Å². The molecule has 23 heavy (non-hydrogen) atoms. The number of benzene rings is 1. The summed E-state index contributed by atoms with van der Waals surface area (Å²) in [5.74, 6) is 1.55. The van der Waals surface area contributed by atoms with Gasteiger partial charge in [-0.1, -0.05) is 19.1 Å². The van der Waals surface area contributed by atoms with Crippen LogP contribution in [0, 0.1) is 0 Å². The van der Waals surface area contributed by atoms with E-state index in [2.05, 4.69) is 28.9 Å². The summed E-state index contributed by atoms with van der Waals surface area (Å²) in [7, 11) is 1.67. The van der Waals surface area contributed by atoms with E-state index in [0.717, 1.165) is 36.7 Å². The van der Waals surface area contributed by atoms with Gasteiger partial charge in [0.2, 0.25) is 0 Å². The molecule has 0 atom stereocenters. The van der Waals surface area contributed by atoms with Gasteiger partial charge in [-0.25, -0.2) is 0 Å². The van der Waals surface area contributed by atoms with Crippen molar-refractivity contribution < 1.29 is 9.47 Å². The molecule has 0 bridgehead atoms. The molecule has 1 N–H and O–H groups in total. The molecule has 1 fully saturated rings. The second-order valence-electron chi connectivity index (χ2n) is 6.31. The molecule has 0 spiro atoms. The second kappa shape index (κ2) is 9.58. The van der Waals surface area contributed by atoms with Crippen LogP contribution >= 0.6 is 0 Å². The van der Waals surface area contributed by atoms with E-state index >= 15 is 0 Å². The molecule has 4 heteroatoms. The number of piperidine rings is 1. The number of methoxy groups -OCH3 is 1. The molecule has 1 aliphatic rings. The Morgan fingerprint density at radius 1 is 1.22 bits per heavy atom. The maximum Gasteiger partial charge on any atom is 0.161 e. The Hall–Kier alpha value is -1.52. The highest BCUT2D eigenvalue weighted by molar-refractivity contribution is 5.43. The van der Waals surface area contributed by atoms with Crippen molar-refractivity contribution in [2.45, 2.75) is 32.7 Å². The first-order valence-corrected chi connectivity index (χ1v) is 8.56. The van der Waals surface area contributed by atoms with Gasteiger partial charge in [-0.05, 0) is 56.1 Å². The van der Waals surface area contributed by atoms with Crippen LogP contribution in [0.15, 0.2) is 30.4 Å². The van der Waals surface area contributed by atoms with Crippen LogP contribution < -0.4 is 14.8 Å². The summed E-state index contributed by atoms with van der Waals surface area (Å²) in [6, 6.07) is 6.10. The highest BCUT2D eigenvalue weighted by atomic mass is 16.5. The Bertz CT molecular complexity index is 496. The Morgan fingerprint density at radius 3 is 2.70 bits per heavy atom. The van der Waals surface area contributed by atoms with Crippen molar-refractivity contribution in [1.82, 2.24) is 10.2 Å². The van der Waals surface area contributed by atoms with E-state index in [1.54, 1.807) is 7.11 Å². The quantitative estimate of drug-likeness (QED) is 0.560. The van der Waals surface area contributed by atoms with Crippen LogP contribution in [-0.2, 0) is 6.54 Å². The zero-order chi connectivity index (χ0) is 16.5. The van der Waals surface area contributed by atoms with Crippen LogP contribution in [0.25, 0.3) is 0 Å². The molecule has 0 saturated carbocycles. The van der Waals surface area contributed by atoms with Crippen molar-refractivity contribution in [2.75, 3.05) is 39.9 Å². The SMILES string of the molecule is C=C(C)COc1cc(CNCCN2CCCCC2)ccc1OC. The fraction of sp³-hybridized carbons (Fsp3) is 0.579. The van der Waals surface area contributed by atoms with E-state index in [4.69, 9.17) is 9.47 Å². The summed E-state index contributed by atoms with van der Waals surface area (Å²) in [5.41, 5.74) is 2.21. The minimum absolute atomic E-state index is 0.516. The van der Waals surface area contributed by atoms with Crippen LogP contribution in [0.5, 0.6) is 11.5 Å². The lowest BCUT2D eigenvalue weighted by molar-refractivity contribution is 0.229. The summed E-state index contributed by atoms with van der Waals surface area (Å²) in [6.45, 7) is 11.9. The molecule has 1 saturated heterocycles. The van der Waals surface area contributed by atoms with E-state index < -0.39 is 0 Å². The van der Waals surface area contributed by atoms with Gasteiger partial charge < -0.3 is 19.7 Å². The summed E-state index contributed by atoms with van der Waals surface area (Å²) in [4.78, 5) is 2.55. The fourth-order valence-electron chi connectivity index (χ4n) is 2.80. The molecule has 2 rings (SSSR count). The molecular formula is C19H30N2O2. The summed E-state index contributed by atoms with van der Waals surface area (Å²) in [6.07, 6.45) is 4.09. The first-order chi connectivity index (χ1) is 11.2. The fourth-order valence-corrected chi connectivity index (χ4v) is 2.80. The van der Waals surface area contributed by atoms with Crippen LogP contribution in [0.4, 0.5) is 0 Å². The number of likely N-dealkylation sites (tertiary alicyclic amines) is 1. The average Bonchev–Trinajstić information content (AvgIpc) is 2.58. The zero-order valence-corrected chi connectivity index (χ0v) is 14.6. The lowest BCUT2D eigenvalue weighted by Crippen LogP contribution is -2.35. The molecule has 0 unspecified atom stereocenters. The van der Waals surface area contributed by atoms with Gasteiger partial charge in [-0.3, -0.25) is 0 Å². The Kier molecular flexibility index (Phi) is 7.43. The zero-order valence-electron chi connectivity index (χ0n) is 14.6. The van der Waals surface area contributed by atoms with E-state index in [-0.39, 0.29) is 0 Å². The highest BCUT2D eigenvalue weighted by Gasteiger charge is 2.09. The number of hydrogen-bond acceptors (Lipinski definition) is 4. The van der Waals surface area contributed by atoms with Gasteiger partial charge in [0.15, 0.2) is 11.5 Å². The number of hydrogen-bond donors (Lipinski definition) is 1. The largest absolute Gasteiger partial charge is 0.493 e. The van der Waals surface area contributed by atoms with Crippen LogP contribution in [0.3, 0.4) is 0 Å². The van der Waals surface area contributed by atoms with Crippen molar-refractivity contribution in [3.8, 4) is 11.5 Å². The third-order valence-electron chi connectivity index (χ3n) is 4.08. The monoisotopic (exact) mass is 318 g/mol. The predicted octanol–water partition coefficient (Wildman–Crippen LogP) is 3.23. The first kappa shape index (κ1) is 17.8. The molecule has 1 aromatic rings. The van der Waals surface area contributed by atoms with Crippen molar-refractivity contribution in [3.63, 3.8) is 0 Å². The predicted molar refractivity (Wildman–Crippen MR) is 95.3 cm³/mol. The highest BCUT2D eigenvalue weighted by Crippen LogP contribution is 2.28. The third-order valence-corrected chi connectivity index (χ3v) is 4.08. The van der Waals surface area contributed by atoms with Crippen LogP contribution in [0.2, 0.25) is 0 Å². The molecule has 1 heterocycles. The van der Waals surface area contributed by atoms with E-state index in [9.17, 15) is 0 Å². The first-order valence-electron chi connectivity index (χ1n) is 8.56. The Balaban J connectivity index is 1.79. The smallest absolute Gasteiger partial charge is 0.161 e. The van der Waals surface area contributed by atoms with Crippen molar-refractivity contribution in [3.05, 3.63) is 35.9 Å². The van der Waals surface area contributed by atoms with Crippen molar-refractivity contribution >= 4 is 0 Å². The molecule has 0 radical (unpaired) electrons. The van der Waals surface area contributed by atoms with Gasteiger partial charge in [-0.15, -0.1) is 0 Å². The lowest BCUT2D eigenvalue weighted by atomic mass is 10.1. The minimum atomic E-state index is 0.516. The number of nitrogens with one attached hydrogen (secondary N) is 1. The molecule has 0 aliphatic carbocycles. The number of ether oxygens (including phenoxy) is 2. The van der Waals surface area contributed by atoms with E-state index in [0.29, 0.717) is 6.61 Å². The summed E-state index contributed by atoms with van der Waals surface area (Å²) >= 11 is 0. The summed E-state index contributed by atoms with van der Waals surface area (Å²) < 4.78 is 11.1. The third kappa shape index (κ3) is 6.24. The lowest BCUT2D eigenvalue weighted by Gasteiger charge is -2.26. The molecule has 0 amide bonds. The molecule has 1 aromatic carbocycles. The van der Waals surface area contributed by atoms with Crippen molar-refractivity contribution in [2.24, 2.45) is 0 Å². The normalized spacial score (nSPS) is 15.4. The minimum Gasteiger partial charge on any atom is -0.493 e. The molecule has 1 aliphatic heterocycles. The molecule has 4 nitrogen and oxygen atoms in total. The Labute approximate surface area is 140 Å². The molecule has 0 aromatic heterocycles. The van der Waals surface area contributed by atoms with Gasteiger partial charge in [-0.2, -0.15) is 0 Å². The van der Waals surface area contributed by atoms with Gasteiger partial charge in [0, 0.05) is 19.6 Å². The van der Waals surface area contributed by atoms with Gasteiger partial charge in [0.25, 0.3) is 0 Å².